The Morgan fingerprint density at radius 1 is 1.16 bits per heavy atom. The van der Waals surface area contributed by atoms with Crippen LogP contribution in [0, 0.1) is 5.92 Å². The highest BCUT2D eigenvalue weighted by Gasteiger charge is 2.16. The zero-order valence-corrected chi connectivity index (χ0v) is 11.9. The van der Waals surface area contributed by atoms with Gasteiger partial charge in [-0.3, -0.25) is 0 Å². The molecular weight excluding hydrogens is 258 g/mol. The minimum absolute atomic E-state index is 0.0727. The molecule has 4 heteroatoms. The number of phenolic OH excluding ortho intramolecular Hbond substituents is 2. The molecule has 0 amide bonds. The number of hydrogen-bond acceptors (Lipinski definition) is 4. The van der Waals surface area contributed by atoms with Crippen molar-refractivity contribution in [2.75, 3.05) is 0 Å². The molecule has 1 aromatic carbocycles. The van der Waals surface area contributed by atoms with Gasteiger partial charge in [-0.15, -0.1) is 11.3 Å². The van der Waals surface area contributed by atoms with Gasteiger partial charge in [-0.1, -0.05) is 26.0 Å². The second-order valence-electron chi connectivity index (χ2n) is 4.94. The van der Waals surface area contributed by atoms with Gasteiger partial charge in [-0.25, -0.2) is 0 Å². The maximum Gasteiger partial charge on any atom is 0.157 e. The van der Waals surface area contributed by atoms with E-state index in [0.717, 1.165) is 5.56 Å². The fraction of sp³-hybridized carbons (Fsp3) is 0.333. The SMILES string of the molecule is CC(C)C(NCc1ccc(O)c(O)c1)c1cccs1. The van der Waals surface area contributed by atoms with E-state index < -0.39 is 0 Å². The first-order valence-corrected chi connectivity index (χ1v) is 7.23. The van der Waals surface area contributed by atoms with Crippen LogP contribution in [0.5, 0.6) is 11.5 Å². The summed E-state index contributed by atoms with van der Waals surface area (Å²) in [6, 6.07) is 9.42. The molecule has 19 heavy (non-hydrogen) atoms. The number of nitrogens with one attached hydrogen (secondary N) is 1. The van der Waals surface area contributed by atoms with Crippen molar-refractivity contribution in [1.29, 1.82) is 0 Å². The van der Waals surface area contributed by atoms with E-state index in [9.17, 15) is 10.2 Å². The van der Waals surface area contributed by atoms with E-state index in [1.54, 1.807) is 17.4 Å². The highest BCUT2D eigenvalue weighted by atomic mass is 32.1. The summed E-state index contributed by atoms with van der Waals surface area (Å²) in [5, 5.41) is 24.4. The van der Waals surface area contributed by atoms with Crippen molar-refractivity contribution in [3.8, 4) is 11.5 Å². The molecule has 0 aliphatic heterocycles. The van der Waals surface area contributed by atoms with Gasteiger partial charge in [0.05, 0.1) is 0 Å². The van der Waals surface area contributed by atoms with Gasteiger partial charge in [0.15, 0.2) is 11.5 Å². The molecule has 0 radical (unpaired) electrons. The van der Waals surface area contributed by atoms with Gasteiger partial charge in [0.1, 0.15) is 0 Å². The Bertz CT molecular complexity index is 523. The Hall–Kier alpha value is -1.52. The first-order chi connectivity index (χ1) is 9.08. The third-order valence-corrected chi connectivity index (χ3v) is 4.04. The van der Waals surface area contributed by atoms with Crippen molar-refractivity contribution in [2.45, 2.75) is 26.4 Å². The molecule has 0 bridgehead atoms. The molecule has 0 aliphatic carbocycles. The van der Waals surface area contributed by atoms with Crippen molar-refractivity contribution in [3.63, 3.8) is 0 Å². The van der Waals surface area contributed by atoms with Crippen LogP contribution < -0.4 is 5.32 Å². The molecule has 0 saturated heterocycles. The average molecular weight is 277 g/mol. The molecule has 1 heterocycles. The molecule has 3 N–H and O–H groups in total. The molecule has 0 fully saturated rings. The van der Waals surface area contributed by atoms with Crippen LogP contribution in [0.15, 0.2) is 35.7 Å². The predicted molar refractivity (Wildman–Crippen MR) is 78.5 cm³/mol. The molecule has 0 aliphatic rings. The van der Waals surface area contributed by atoms with Crippen molar-refractivity contribution in [1.82, 2.24) is 5.32 Å². The fourth-order valence-electron chi connectivity index (χ4n) is 2.04. The van der Waals surface area contributed by atoms with E-state index in [1.165, 1.54) is 10.9 Å². The maximum atomic E-state index is 9.48. The third-order valence-electron chi connectivity index (χ3n) is 3.08. The lowest BCUT2D eigenvalue weighted by Crippen LogP contribution is -2.24. The van der Waals surface area contributed by atoms with Gasteiger partial charge in [0.2, 0.25) is 0 Å². The second kappa shape index (κ2) is 6.08. The zero-order valence-electron chi connectivity index (χ0n) is 11.1. The van der Waals surface area contributed by atoms with Crippen LogP contribution in [0.1, 0.15) is 30.3 Å². The van der Waals surface area contributed by atoms with Gasteiger partial charge in [0, 0.05) is 17.5 Å². The van der Waals surface area contributed by atoms with Crippen LogP contribution in [0.2, 0.25) is 0 Å². The molecule has 1 unspecified atom stereocenters. The lowest BCUT2D eigenvalue weighted by atomic mass is 10.0. The molecule has 0 saturated carbocycles. The van der Waals surface area contributed by atoms with Crippen molar-refractivity contribution in [3.05, 3.63) is 46.2 Å². The van der Waals surface area contributed by atoms with Crippen molar-refractivity contribution in [2.24, 2.45) is 5.92 Å². The zero-order chi connectivity index (χ0) is 13.8. The van der Waals surface area contributed by atoms with Crippen LogP contribution in [0.4, 0.5) is 0 Å². The minimum atomic E-state index is -0.0811. The smallest absolute Gasteiger partial charge is 0.157 e. The van der Waals surface area contributed by atoms with Gasteiger partial charge in [0.25, 0.3) is 0 Å². The summed E-state index contributed by atoms with van der Waals surface area (Å²) in [6.07, 6.45) is 0. The van der Waals surface area contributed by atoms with E-state index in [0.29, 0.717) is 18.5 Å². The van der Waals surface area contributed by atoms with Gasteiger partial charge >= 0.3 is 0 Å². The highest BCUT2D eigenvalue weighted by molar-refractivity contribution is 7.10. The Labute approximate surface area is 117 Å². The largest absolute Gasteiger partial charge is 0.504 e. The Morgan fingerprint density at radius 3 is 2.53 bits per heavy atom. The molecule has 0 spiro atoms. The molecule has 2 rings (SSSR count). The van der Waals surface area contributed by atoms with Crippen molar-refractivity contribution < 1.29 is 10.2 Å². The summed E-state index contributed by atoms with van der Waals surface area (Å²) in [4.78, 5) is 1.32. The maximum absolute atomic E-state index is 9.48. The molecular formula is C15H19NO2S. The standard InChI is InChI=1S/C15H19NO2S/c1-10(2)15(14-4-3-7-19-14)16-9-11-5-6-12(17)13(18)8-11/h3-8,10,15-18H,9H2,1-2H3. The van der Waals surface area contributed by atoms with Gasteiger partial charge in [-0.05, 0) is 35.1 Å². The van der Waals surface area contributed by atoms with E-state index in [4.69, 9.17) is 0 Å². The van der Waals surface area contributed by atoms with Gasteiger partial charge in [-0.2, -0.15) is 0 Å². The van der Waals surface area contributed by atoms with E-state index in [-0.39, 0.29) is 11.5 Å². The number of hydrogen-bond donors (Lipinski definition) is 3. The Kier molecular flexibility index (Phi) is 4.45. The summed E-state index contributed by atoms with van der Waals surface area (Å²) >= 11 is 1.75. The summed E-state index contributed by atoms with van der Waals surface area (Å²) in [5.74, 6) is 0.336. The van der Waals surface area contributed by atoms with Crippen LogP contribution in [0.25, 0.3) is 0 Å². The monoisotopic (exact) mass is 277 g/mol. The number of aromatic hydroxyl groups is 2. The van der Waals surface area contributed by atoms with Gasteiger partial charge < -0.3 is 15.5 Å². The number of phenols is 2. The van der Waals surface area contributed by atoms with E-state index in [2.05, 4.69) is 36.7 Å². The first kappa shape index (κ1) is 13.9. The number of benzene rings is 1. The summed E-state index contributed by atoms with van der Waals surface area (Å²) in [5.41, 5.74) is 0.956. The molecule has 1 atom stereocenters. The third kappa shape index (κ3) is 3.49. The predicted octanol–water partition coefficient (Wildman–Crippen LogP) is 3.65. The van der Waals surface area contributed by atoms with Crippen LogP contribution in [0.3, 0.4) is 0 Å². The minimum Gasteiger partial charge on any atom is -0.504 e. The lowest BCUT2D eigenvalue weighted by Gasteiger charge is -2.21. The molecule has 102 valence electrons. The lowest BCUT2D eigenvalue weighted by molar-refractivity contribution is 0.399. The van der Waals surface area contributed by atoms with E-state index in [1.807, 2.05) is 6.07 Å². The summed E-state index contributed by atoms with van der Waals surface area (Å²) < 4.78 is 0. The average Bonchev–Trinajstić information content (AvgIpc) is 2.87. The van der Waals surface area contributed by atoms with Crippen LogP contribution in [-0.4, -0.2) is 10.2 Å². The first-order valence-electron chi connectivity index (χ1n) is 6.35. The molecule has 3 nitrogen and oxygen atoms in total. The summed E-state index contributed by atoms with van der Waals surface area (Å²) in [7, 11) is 0. The van der Waals surface area contributed by atoms with Crippen LogP contribution >= 0.6 is 11.3 Å². The topological polar surface area (TPSA) is 52.5 Å². The van der Waals surface area contributed by atoms with Crippen LogP contribution in [-0.2, 0) is 6.54 Å². The number of rotatable bonds is 5. The Morgan fingerprint density at radius 2 is 1.95 bits per heavy atom. The number of thiophene rings is 1. The normalized spacial score (nSPS) is 12.8. The highest BCUT2D eigenvalue weighted by Crippen LogP contribution is 2.28. The molecule has 2 aromatic rings. The fourth-order valence-corrected chi connectivity index (χ4v) is 3.01. The Balaban J connectivity index is 2.05. The second-order valence-corrected chi connectivity index (χ2v) is 5.92. The van der Waals surface area contributed by atoms with Crippen molar-refractivity contribution >= 4 is 11.3 Å². The molecule has 1 aromatic heterocycles. The quantitative estimate of drug-likeness (QED) is 0.731. The van der Waals surface area contributed by atoms with E-state index >= 15 is 0 Å². The summed E-state index contributed by atoms with van der Waals surface area (Å²) in [6.45, 7) is 5.03.